The lowest BCUT2D eigenvalue weighted by atomic mass is 9.73. The fraction of sp³-hybridized carbons (Fsp3) is 0.618. The van der Waals surface area contributed by atoms with E-state index in [1.54, 1.807) is 4.90 Å². The summed E-state index contributed by atoms with van der Waals surface area (Å²) in [5.74, 6) is -2.25. The van der Waals surface area contributed by atoms with E-state index in [9.17, 15) is 19.5 Å². The van der Waals surface area contributed by atoms with E-state index in [-0.39, 0.29) is 36.3 Å². The molecule has 3 amide bonds. The van der Waals surface area contributed by atoms with Gasteiger partial charge in [0.2, 0.25) is 17.7 Å². The third-order valence-corrected chi connectivity index (χ3v) is 10.5. The molecular formula is C34H45N3O5. The van der Waals surface area contributed by atoms with Gasteiger partial charge in [-0.05, 0) is 30.7 Å². The first kappa shape index (κ1) is 29.1. The minimum absolute atomic E-state index is 0.0896. The number of benzene rings is 1. The number of likely N-dealkylation sites (tertiary alicyclic amines) is 1. The number of rotatable bonds is 7. The van der Waals surface area contributed by atoms with E-state index in [2.05, 4.69) is 0 Å². The van der Waals surface area contributed by atoms with Crippen molar-refractivity contribution in [3.63, 3.8) is 0 Å². The Morgan fingerprint density at radius 2 is 1.64 bits per heavy atom. The summed E-state index contributed by atoms with van der Waals surface area (Å²) in [4.78, 5) is 49.5. The largest absolute Gasteiger partial charge is 0.394 e. The third-order valence-electron chi connectivity index (χ3n) is 10.5. The number of aliphatic hydroxyl groups is 1. The number of ether oxygens (including phenoxy) is 1. The molecule has 8 nitrogen and oxygen atoms in total. The zero-order valence-electron chi connectivity index (χ0n) is 25.2. The first-order chi connectivity index (χ1) is 20.3. The smallest absolute Gasteiger partial charge is 0.249 e. The summed E-state index contributed by atoms with van der Waals surface area (Å²) in [6, 6.07) is 8.49. The quantitative estimate of drug-likeness (QED) is 0.501. The van der Waals surface area contributed by atoms with E-state index in [0.29, 0.717) is 26.1 Å². The van der Waals surface area contributed by atoms with Crippen LogP contribution in [0.3, 0.4) is 0 Å². The summed E-state index contributed by atoms with van der Waals surface area (Å²) in [5.41, 5.74) is -1.29. The molecule has 42 heavy (non-hydrogen) atoms. The molecule has 1 unspecified atom stereocenters. The summed E-state index contributed by atoms with van der Waals surface area (Å²) < 4.78 is 7.12. The number of aliphatic hydroxyl groups excluding tert-OH is 1. The van der Waals surface area contributed by atoms with Crippen LogP contribution < -0.4 is 0 Å². The Hall–Kier alpha value is -2.97. The highest BCUT2D eigenvalue weighted by Gasteiger charge is 2.76. The molecule has 6 atom stereocenters. The van der Waals surface area contributed by atoms with Crippen LogP contribution in [0, 0.1) is 17.8 Å². The molecule has 1 N–H and O–H groups in total. The number of hydrogen-bond donors (Lipinski definition) is 1. The predicted octanol–water partition coefficient (Wildman–Crippen LogP) is 3.69. The summed E-state index contributed by atoms with van der Waals surface area (Å²) in [5, 5.41) is 10.6. The summed E-state index contributed by atoms with van der Waals surface area (Å²) >= 11 is 0. The number of fused-ring (bicyclic) bond motifs is 2. The molecule has 6 rings (SSSR count). The number of nitrogens with zero attached hydrogens (tertiary/aromatic N) is 3. The number of carbonyl (C=O) groups is 3. The zero-order chi connectivity index (χ0) is 29.6. The van der Waals surface area contributed by atoms with Gasteiger partial charge in [-0.25, -0.2) is 0 Å². The molecule has 0 radical (unpaired) electrons. The second-order valence-electron chi connectivity index (χ2n) is 13.2. The van der Waals surface area contributed by atoms with E-state index in [4.69, 9.17) is 4.74 Å². The maximum atomic E-state index is 14.8. The second kappa shape index (κ2) is 11.3. The van der Waals surface area contributed by atoms with Crippen molar-refractivity contribution in [2.45, 2.75) is 95.2 Å². The molecule has 0 aromatic heterocycles. The van der Waals surface area contributed by atoms with Gasteiger partial charge in [-0.1, -0.05) is 94.7 Å². The molecule has 1 aromatic rings. The van der Waals surface area contributed by atoms with Gasteiger partial charge < -0.3 is 24.5 Å². The van der Waals surface area contributed by atoms with Gasteiger partial charge in [-0.2, -0.15) is 0 Å². The molecule has 2 saturated heterocycles. The molecule has 3 fully saturated rings. The summed E-state index contributed by atoms with van der Waals surface area (Å²) in [7, 11) is 0. The maximum absolute atomic E-state index is 14.8. The lowest BCUT2D eigenvalue weighted by Gasteiger charge is -2.43. The van der Waals surface area contributed by atoms with Gasteiger partial charge in [-0.15, -0.1) is 0 Å². The van der Waals surface area contributed by atoms with Crippen LogP contribution >= 0.6 is 0 Å². The van der Waals surface area contributed by atoms with Gasteiger partial charge in [0, 0.05) is 25.7 Å². The summed E-state index contributed by atoms with van der Waals surface area (Å²) in [6.07, 6.45) is 13.6. The Bertz CT molecular complexity index is 1260. The molecule has 1 saturated carbocycles. The summed E-state index contributed by atoms with van der Waals surface area (Å²) in [6.45, 7) is 6.96. The fourth-order valence-corrected chi connectivity index (χ4v) is 8.41. The predicted molar refractivity (Wildman–Crippen MR) is 159 cm³/mol. The molecule has 4 aliphatic heterocycles. The van der Waals surface area contributed by atoms with Crippen LogP contribution in [-0.4, -0.2) is 86.6 Å². The van der Waals surface area contributed by atoms with Crippen molar-refractivity contribution in [1.82, 2.24) is 14.7 Å². The third kappa shape index (κ3) is 4.44. The van der Waals surface area contributed by atoms with Crippen LogP contribution in [0.15, 0.2) is 54.6 Å². The van der Waals surface area contributed by atoms with Crippen molar-refractivity contribution in [2.24, 2.45) is 17.8 Å². The van der Waals surface area contributed by atoms with Gasteiger partial charge in [0.1, 0.15) is 11.6 Å². The molecule has 226 valence electrons. The van der Waals surface area contributed by atoms with Crippen molar-refractivity contribution in [2.75, 3.05) is 19.7 Å². The highest BCUT2D eigenvalue weighted by Crippen LogP contribution is 2.59. The Kier molecular flexibility index (Phi) is 7.81. The maximum Gasteiger partial charge on any atom is 0.249 e. The second-order valence-corrected chi connectivity index (χ2v) is 13.2. The van der Waals surface area contributed by atoms with Crippen molar-refractivity contribution in [1.29, 1.82) is 0 Å². The highest BCUT2D eigenvalue weighted by atomic mass is 16.5. The Morgan fingerprint density at radius 3 is 2.31 bits per heavy atom. The average molecular weight is 576 g/mol. The molecule has 1 aliphatic carbocycles. The van der Waals surface area contributed by atoms with Crippen molar-refractivity contribution < 1.29 is 24.2 Å². The minimum Gasteiger partial charge on any atom is -0.394 e. The van der Waals surface area contributed by atoms with E-state index in [1.165, 1.54) is 6.42 Å². The van der Waals surface area contributed by atoms with Crippen LogP contribution in [0.5, 0.6) is 0 Å². The highest BCUT2D eigenvalue weighted by molar-refractivity contribution is 6.00. The van der Waals surface area contributed by atoms with Gasteiger partial charge in [0.15, 0.2) is 0 Å². The normalized spacial score (nSPS) is 34.0. The van der Waals surface area contributed by atoms with Gasteiger partial charge >= 0.3 is 0 Å². The number of carbonyl (C=O) groups excluding carboxylic acids is 3. The topological polar surface area (TPSA) is 90.4 Å². The minimum atomic E-state index is -1.30. The standard InChI is InChI=1S/C34H45N3O5/c1-4-33-17-11-19-35(21-24-13-7-5-8-14-24)30(39)27(33)28-31(40)37(26(22-38)23(2)3)29-32(41)36(25-15-9-6-10-16-25)20-12-18-34(28,29)42-33/h5,7-8,11-14,17-18,23,25-29,38H,4,6,9-10,15-16,19-22H2,1-3H3/t26-,27-,28-,29?,33+,34-/m0/s1. The van der Waals surface area contributed by atoms with Gasteiger partial charge in [0.05, 0.1) is 30.1 Å². The molecular weight excluding hydrogens is 530 g/mol. The Balaban J connectivity index is 1.46. The van der Waals surface area contributed by atoms with Crippen molar-refractivity contribution in [3.05, 3.63) is 60.2 Å². The molecule has 4 heterocycles. The van der Waals surface area contributed by atoms with Crippen LogP contribution in [0.4, 0.5) is 0 Å². The van der Waals surface area contributed by atoms with Crippen LogP contribution in [0.1, 0.15) is 64.9 Å². The van der Waals surface area contributed by atoms with Crippen molar-refractivity contribution >= 4 is 17.7 Å². The number of amides is 3. The molecule has 1 spiro atoms. The van der Waals surface area contributed by atoms with Gasteiger partial charge in [0.25, 0.3) is 0 Å². The average Bonchev–Trinajstić information content (AvgIpc) is 3.29. The van der Waals surface area contributed by atoms with E-state index in [1.807, 2.05) is 85.2 Å². The van der Waals surface area contributed by atoms with E-state index >= 15 is 0 Å². The SMILES string of the molecule is CC[C@@]12C=CCN(Cc3ccccc3)C(=O)[C@@H]1[C@H]1C(=O)N([C@@H](CO)C(C)C)C3C(=O)N(C4CCCCC4)CC=C[C@@]31O2. The lowest BCUT2D eigenvalue weighted by Crippen LogP contribution is -2.61. The monoisotopic (exact) mass is 575 g/mol. The van der Waals surface area contributed by atoms with Gasteiger partial charge in [-0.3, -0.25) is 14.4 Å². The first-order valence-electron chi connectivity index (χ1n) is 15.9. The molecule has 0 bridgehead atoms. The number of hydrogen-bond acceptors (Lipinski definition) is 5. The molecule has 1 aromatic carbocycles. The van der Waals surface area contributed by atoms with E-state index in [0.717, 1.165) is 31.2 Å². The van der Waals surface area contributed by atoms with Crippen molar-refractivity contribution in [3.8, 4) is 0 Å². The van der Waals surface area contributed by atoms with Crippen LogP contribution in [-0.2, 0) is 25.7 Å². The Morgan fingerprint density at radius 1 is 0.929 bits per heavy atom. The fourth-order valence-electron chi connectivity index (χ4n) is 8.41. The van der Waals surface area contributed by atoms with Crippen LogP contribution in [0.25, 0.3) is 0 Å². The Labute approximate surface area is 249 Å². The van der Waals surface area contributed by atoms with Crippen LogP contribution in [0.2, 0.25) is 0 Å². The van der Waals surface area contributed by atoms with E-state index < -0.39 is 35.1 Å². The first-order valence-corrected chi connectivity index (χ1v) is 15.9. The molecule has 5 aliphatic rings. The lowest BCUT2D eigenvalue weighted by molar-refractivity contribution is -0.159. The molecule has 8 heteroatoms. The zero-order valence-corrected chi connectivity index (χ0v) is 25.2.